The highest BCUT2D eigenvalue weighted by Gasteiger charge is 2.40. The molecule has 3 aliphatic heterocycles. The van der Waals surface area contributed by atoms with Crippen LogP contribution in [0.3, 0.4) is 0 Å². The van der Waals surface area contributed by atoms with Gasteiger partial charge in [-0.3, -0.25) is 9.59 Å². The van der Waals surface area contributed by atoms with Crippen molar-refractivity contribution in [3.8, 4) is 0 Å². The van der Waals surface area contributed by atoms with Crippen LogP contribution in [0.2, 0.25) is 0 Å². The molecule has 21 heavy (non-hydrogen) atoms. The summed E-state index contributed by atoms with van der Waals surface area (Å²) in [7, 11) is 1.92. The fraction of sp³-hybridized carbons (Fsp3) is 0.867. The van der Waals surface area contributed by atoms with E-state index in [0.717, 1.165) is 32.2 Å². The highest BCUT2D eigenvalue weighted by molar-refractivity contribution is 5.87. The lowest BCUT2D eigenvalue weighted by atomic mass is 9.97. The van der Waals surface area contributed by atoms with Crippen LogP contribution in [0, 0.1) is 0 Å². The number of hydrogen-bond acceptors (Lipinski definition) is 3. The van der Waals surface area contributed by atoms with Gasteiger partial charge in [0.1, 0.15) is 6.04 Å². The van der Waals surface area contributed by atoms with Crippen molar-refractivity contribution in [2.45, 2.75) is 69.6 Å². The number of nitrogens with zero attached hydrogens (tertiary/aromatic N) is 2. The number of likely N-dealkylation sites (tertiary alicyclic amines) is 1. The number of rotatable bonds is 2. The molecule has 6 heteroatoms. The third-order valence-corrected chi connectivity index (χ3v) is 5.29. The maximum atomic E-state index is 12.7. The van der Waals surface area contributed by atoms with Crippen LogP contribution in [0.25, 0.3) is 0 Å². The second-order valence-electron chi connectivity index (χ2n) is 6.58. The van der Waals surface area contributed by atoms with Crippen molar-refractivity contribution in [3.63, 3.8) is 0 Å². The summed E-state index contributed by atoms with van der Waals surface area (Å²) in [4.78, 5) is 28.0. The van der Waals surface area contributed by atoms with Crippen molar-refractivity contribution in [2.24, 2.45) is 0 Å². The minimum Gasteiger partial charge on any atom is -0.341 e. The predicted octanol–water partition coefficient (Wildman–Crippen LogP) is 1.16. The lowest BCUT2D eigenvalue weighted by molar-refractivity contribution is -0.143. The Morgan fingerprint density at radius 1 is 1.14 bits per heavy atom. The van der Waals surface area contributed by atoms with Gasteiger partial charge < -0.3 is 15.1 Å². The number of likely N-dealkylation sites (N-methyl/N-ethyl adjacent to an activating group) is 1. The van der Waals surface area contributed by atoms with E-state index in [2.05, 4.69) is 5.32 Å². The highest BCUT2D eigenvalue weighted by Crippen LogP contribution is 2.30. The molecule has 0 aromatic rings. The molecule has 1 N–H and O–H groups in total. The summed E-state index contributed by atoms with van der Waals surface area (Å²) in [6, 6.07) is 1.30. The van der Waals surface area contributed by atoms with E-state index in [9.17, 15) is 9.59 Å². The molecule has 0 aliphatic carbocycles. The molecule has 3 unspecified atom stereocenters. The number of carbonyl (C=O) groups is 2. The molecule has 120 valence electrons. The molecule has 2 amide bonds. The monoisotopic (exact) mass is 315 g/mol. The smallest absolute Gasteiger partial charge is 0.245 e. The zero-order chi connectivity index (χ0) is 14.3. The average molecular weight is 316 g/mol. The van der Waals surface area contributed by atoms with Crippen LogP contribution in [-0.2, 0) is 9.59 Å². The Hall–Kier alpha value is -0.810. The van der Waals surface area contributed by atoms with Crippen molar-refractivity contribution < 1.29 is 9.59 Å². The molecule has 3 rings (SSSR count). The van der Waals surface area contributed by atoms with E-state index in [-0.39, 0.29) is 30.3 Å². The normalized spacial score (nSPS) is 34.5. The summed E-state index contributed by atoms with van der Waals surface area (Å²) in [5, 5.41) is 3.61. The van der Waals surface area contributed by atoms with Gasteiger partial charge in [-0.15, -0.1) is 12.4 Å². The fourth-order valence-electron chi connectivity index (χ4n) is 4.16. The number of amides is 2. The second kappa shape index (κ2) is 6.53. The summed E-state index contributed by atoms with van der Waals surface area (Å²) < 4.78 is 0. The maximum absolute atomic E-state index is 12.7. The van der Waals surface area contributed by atoms with Crippen LogP contribution in [-0.4, -0.2) is 59.4 Å². The van der Waals surface area contributed by atoms with Gasteiger partial charge in [0.25, 0.3) is 0 Å². The summed E-state index contributed by atoms with van der Waals surface area (Å²) >= 11 is 0. The van der Waals surface area contributed by atoms with Crippen LogP contribution in [0.1, 0.15) is 45.4 Å². The van der Waals surface area contributed by atoms with Crippen molar-refractivity contribution in [1.29, 1.82) is 0 Å². The van der Waals surface area contributed by atoms with Crippen LogP contribution in [0.4, 0.5) is 0 Å². The quantitative estimate of drug-likeness (QED) is 0.832. The molecular formula is C15H26ClN3O2. The number of carbonyl (C=O) groups excluding carboxylic acids is 2. The van der Waals surface area contributed by atoms with Gasteiger partial charge in [-0.25, -0.2) is 0 Å². The van der Waals surface area contributed by atoms with Crippen molar-refractivity contribution in [1.82, 2.24) is 15.1 Å². The SMILES string of the molecule is CC(=O)N1CCCC1C(=O)N(C)C1CC2CCC(C1)N2.Cl. The molecule has 3 heterocycles. The average Bonchev–Trinajstić information content (AvgIpc) is 3.03. The van der Waals surface area contributed by atoms with Crippen LogP contribution in [0.15, 0.2) is 0 Å². The number of fused-ring (bicyclic) bond motifs is 2. The van der Waals surface area contributed by atoms with Crippen molar-refractivity contribution >= 4 is 24.2 Å². The number of nitrogens with one attached hydrogen (secondary N) is 1. The molecule has 0 radical (unpaired) electrons. The van der Waals surface area contributed by atoms with E-state index in [4.69, 9.17) is 0 Å². The Bertz CT molecular complexity index is 406. The minimum absolute atomic E-state index is 0. The van der Waals surface area contributed by atoms with Gasteiger partial charge >= 0.3 is 0 Å². The van der Waals surface area contributed by atoms with E-state index < -0.39 is 0 Å². The highest BCUT2D eigenvalue weighted by atomic mass is 35.5. The number of halogens is 1. The third-order valence-electron chi connectivity index (χ3n) is 5.29. The standard InChI is InChI=1S/C15H25N3O2.ClH/c1-10(19)18-7-3-4-14(18)15(20)17(2)13-8-11-5-6-12(9-13)16-11;/h11-14,16H,3-9H2,1-2H3;1H. The second-order valence-corrected chi connectivity index (χ2v) is 6.58. The first-order valence-electron chi connectivity index (χ1n) is 7.86. The van der Waals surface area contributed by atoms with E-state index in [1.807, 2.05) is 11.9 Å². The predicted molar refractivity (Wildman–Crippen MR) is 83.4 cm³/mol. The first-order valence-corrected chi connectivity index (χ1v) is 7.86. The molecular weight excluding hydrogens is 290 g/mol. The van der Waals surface area contributed by atoms with Gasteiger partial charge in [0.15, 0.2) is 0 Å². The lowest BCUT2D eigenvalue weighted by Gasteiger charge is -2.37. The molecule has 5 nitrogen and oxygen atoms in total. The van der Waals surface area contributed by atoms with Gasteiger partial charge in [-0.1, -0.05) is 0 Å². The first-order chi connectivity index (χ1) is 9.56. The largest absolute Gasteiger partial charge is 0.341 e. The molecule has 3 atom stereocenters. The van der Waals surface area contributed by atoms with Gasteiger partial charge in [0.2, 0.25) is 11.8 Å². The summed E-state index contributed by atoms with van der Waals surface area (Å²) in [6.45, 7) is 2.30. The first kappa shape index (κ1) is 16.6. The van der Waals surface area contributed by atoms with Crippen LogP contribution >= 0.6 is 12.4 Å². The van der Waals surface area contributed by atoms with Crippen LogP contribution in [0.5, 0.6) is 0 Å². The third kappa shape index (κ3) is 3.19. The Kier molecular flexibility index (Phi) is 5.15. The van der Waals surface area contributed by atoms with E-state index >= 15 is 0 Å². The minimum atomic E-state index is -0.218. The lowest BCUT2D eigenvalue weighted by Crippen LogP contribution is -2.53. The van der Waals surface area contributed by atoms with Crippen LogP contribution < -0.4 is 5.32 Å². The molecule has 3 fully saturated rings. The van der Waals surface area contributed by atoms with Gasteiger partial charge in [-0.2, -0.15) is 0 Å². The molecule has 2 bridgehead atoms. The topological polar surface area (TPSA) is 52.7 Å². The molecule has 0 saturated carbocycles. The molecule has 0 spiro atoms. The van der Waals surface area contributed by atoms with Gasteiger partial charge in [0, 0.05) is 38.6 Å². The molecule has 0 aromatic carbocycles. The zero-order valence-electron chi connectivity index (χ0n) is 12.9. The van der Waals surface area contributed by atoms with Crippen molar-refractivity contribution in [3.05, 3.63) is 0 Å². The van der Waals surface area contributed by atoms with Gasteiger partial charge in [0.05, 0.1) is 0 Å². The molecule has 3 saturated heterocycles. The van der Waals surface area contributed by atoms with Crippen molar-refractivity contribution in [2.75, 3.05) is 13.6 Å². The van der Waals surface area contributed by atoms with E-state index in [1.165, 1.54) is 12.8 Å². The maximum Gasteiger partial charge on any atom is 0.245 e. The Morgan fingerprint density at radius 2 is 1.76 bits per heavy atom. The number of piperidine rings is 1. The Labute approximate surface area is 132 Å². The molecule has 0 aromatic heterocycles. The Balaban J connectivity index is 0.00000161. The van der Waals surface area contributed by atoms with E-state index in [1.54, 1.807) is 11.8 Å². The summed E-state index contributed by atoms with van der Waals surface area (Å²) in [6.07, 6.45) is 6.37. The summed E-state index contributed by atoms with van der Waals surface area (Å²) in [5.74, 6) is 0.170. The number of hydrogen-bond donors (Lipinski definition) is 1. The summed E-state index contributed by atoms with van der Waals surface area (Å²) in [5.41, 5.74) is 0. The zero-order valence-corrected chi connectivity index (χ0v) is 13.7. The Morgan fingerprint density at radius 3 is 2.33 bits per heavy atom. The van der Waals surface area contributed by atoms with Gasteiger partial charge in [-0.05, 0) is 38.5 Å². The van der Waals surface area contributed by atoms with E-state index in [0.29, 0.717) is 18.1 Å². The molecule has 3 aliphatic rings. The fourth-order valence-corrected chi connectivity index (χ4v) is 4.16.